The third-order valence-corrected chi connectivity index (χ3v) is 6.80. The number of carbonyl (C=O) groups is 3. The number of ether oxygens (including phenoxy) is 3. The van der Waals surface area contributed by atoms with Crippen LogP contribution in [-0.2, 0) is 23.8 Å². The molecule has 0 spiro atoms. The fourth-order valence-electron chi connectivity index (χ4n) is 4.59. The summed E-state index contributed by atoms with van der Waals surface area (Å²) in [7, 11) is 2.87. The van der Waals surface area contributed by atoms with Gasteiger partial charge in [0, 0.05) is 44.3 Å². The number of benzene rings is 1. The number of phenols is 2. The minimum absolute atomic E-state index is 0.0500. The smallest absolute Gasteiger partial charge is 0.405 e. The number of allylic oxidation sites excluding steroid dienone is 2. The molecule has 42 heavy (non-hydrogen) atoms. The minimum Gasteiger partial charge on any atom is -0.506 e. The molecule has 1 aromatic carbocycles. The van der Waals surface area contributed by atoms with Crippen LogP contribution in [0.1, 0.15) is 46.6 Å². The number of primary amides is 1. The van der Waals surface area contributed by atoms with E-state index in [1.54, 1.807) is 32.9 Å². The van der Waals surface area contributed by atoms with Gasteiger partial charge >= 0.3 is 6.09 Å². The number of methoxy groups -OCH3 is 2. The second-order valence-electron chi connectivity index (χ2n) is 10.2. The van der Waals surface area contributed by atoms with Crippen molar-refractivity contribution in [2.24, 2.45) is 11.7 Å². The number of carbonyl (C=O) groups excluding carboxylic acids is 3. The van der Waals surface area contributed by atoms with E-state index in [0.29, 0.717) is 11.1 Å². The lowest BCUT2D eigenvalue weighted by molar-refractivity contribution is -0.114. The summed E-state index contributed by atoms with van der Waals surface area (Å²) in [6, 6.07) is 1.13. The SMILES string of the molecule is CO[C@H]1C=CC=C(C)C(=O)Nc2cc(O)c(NC(C)=O)c(c2O)C=C(C)C[C@H](OC)[C@H](O)[C@@H](C)C=C(C)[C@@H]1OC(N)=O. The summed E-state index contributed by atoms with van der Waals surface area (Å²) in [6.45, 7) is 8.00. The van der Waals surface area contributed by atoms with Gasteiger partial charge in [-0.15, -0.1) is 0 Å². The highest BCUT2D eigenvalue weighted by molar-refractivity contribution is 6.06. The highest BCUT2D eigenvalue weighted by atomic mass is 16.6. The Morgan fingerprint density at radius 3 is 2.38 bits per heavy atom. The Bertz CT molecular complexity index is 1300. The second-order valence-corrected chi connectivity index (χ2v) is 10.2. The van der Waals surface area contributed by atoms with E-state index < -0.39 is 54.0 Å². The Morgan fingerprint density at radius 1 is 1.14 bits per heavy atom. The average molecular weight is 588 g/mol. The maximum Gasteiger partial charge on any atom is 0.405 e. The van der Waals surface area contributed by atoms with Gasteiger partial charge in [0.05, 0.1) is 23.6 Å². The topological polar surface area (TPSA) is 190 Å². The molecular formula is C30H41N3O9. The number of fused-ring (bicyclic) bond motifs is 2. The van der Waals surface area contributed by atoms with Crippen LogP contribution in [-0.4, -0.2) is 71.9 Å². The van der Waals surface area contributed by atoms with E-state index in [1.165, 1.54) is 46.3 Å². The number of nitrogens with two attached hydrogens (primary N) is 1. The molecule has 1 aromatic rings. The van der Waals surface area contributed by atoms with Crippen LogP contribution in [0.5, 0.6) is 11.5 Å². The number of amides is 3. The van der Waals surface area contributed by atoms with Crippen molar-refractivity contribution in [3.8, 4) is 11.5 Å². The van der Waals surface area contributed by atoms with Gasteiger partial charge in [0.1, 0.15) is 17.6 Å². The largest absolute Gasteiger partial charge is 0.506 e. The minimum atomic E-state index is -1.02. The summed E-state index contributed by atoms with van der Waals surface area (Å²) in [5.74, 6) is -2.33. The highest BCUT2D eigenvalue weighted by Gasteiger charge is 2.29. The van der Waals surface area contributed by atoms with Gasteiger partial charge in [0.15, 0.2) is 6.10 Å². The van der Waals surface area contributed by atoms with Gasteiger partial charge in [0.2, 0.25) is 5.91 Å². The molecule has 5 atom stereocenters. The molecule has 0 fully saturated rings. The van der Waals surface area contributed by atoms with E-state index in [9.17, 15) is 29.7 Å². The van der Waals surface area contributed by atoms with Crippen LogP contribution in [0.15, 0.2) is 47.1 Å². The summed E-state index contributed by atoms with van der Waals surface area (Å²) in [5, 5.41) is 38.1. The van der Waals surface area contributed by atoms with Crippen LogP contribution in [0.25, 0.3) is 6.08 Å². The molecule has 1 heterocycles. The molecule has 0 saturated heterocycles. The van der Waals surface area contributed by atoms with Crippen LogP contribution in [0.3, 0.4) is 0 Å². The Hall–Kier alpha value is -4.13. The Balaban J connectivity index is 2.76. The number of rotatable bonds is 4. The van der Waals surface area contributed by atoms with Crippen LogP contribution in [0.2, 0.25) is 0 Å². The summed E-state index contributed by atoms with van der Waals surface area (Å²) >= 11 is 0. The molecule has 0 unspecified atom stereocenters. The molecule has 0 aromatic heterocycles. The number of hydrogen-bond donors (Lipinski definition) is 6. The first-order valence-corrected chi connectivity index (χ1v) is 13.3. The molecule has 2 bridgehead atoms. The molecule has 0 radical (unpaired) electrons. The monoisotopic (exact) mass is 587 g/mol. The zero-order valence-corrected chi connectivity index (χ0v) is 24.9. The summed E-state index contributed by atoms with van der Waals surface area (Å²) in [5.41, 5.74) is 6.65. The van der Waals surface area contributed by atoms with Crippen molar-refractivity contribution in [3.63, 3.8) is 0 Å². The molecule has 230 valence electrons. The van der Waals surface area contributed by atoms with Crippen molar-refractivity contribution < 1.29 is 43.9 Å². The zero-order chi connectivity index (χ0) is 31.7. The van der Waals surface area contributed by atoms with Crippen LogP contribution in [0, 0.1) is 5.92 Å². The summed E-state index contributed by atoms with van der Waals surface area (Å²) < 4.78 is 16.5. The van der Waals surface area contributed by atoms with E-state index in [2.05, 4.69) is 10.6 Å². The molecule has 7 N–H and O–H groups in total. The van der Waals surface area contributed by atoms with E-state index in [0.717, 1.165) is 6.07 Å². The Labute approximate surface area is 245 Å². The molecule has 1 aliphatic heterocycles. The van der Waals surface area contributed by atoms with Crippen molar-refractivity contribution >= 4 is 35.4 Å². The van der Waals surface area contributed by atoms with Crippen molar-refractivity contribution in [2.45, 2.75) is 65.5 Å². The van der Waals surface area contributed by atoms with Crippen molar-refractivity contribution in [1.82, 2.24) is 0 Å². The van der Waals surface area contributed by atoms with Crippen LogP contribution in [0.4, 0.5) is 16.2 Å². The third-order valence-electron chi connectivity index (χ3n) is 6.80. The van der Waals surface area contributed by atoms with E-state index in [1.807, 2.05) is 0 Å². The number of anilines is 2. The fraction of sp³-hybridized carbons (Fsp3) is 0.433. The van der Waals surface area contributed by atoms with Gasteiger partial charge in [-0.1, -0.05) is 36.8 Å². The predicted octanol–water partition coefficient (Wildman–Crippen LogP) is 3.74. The molecule has 0 saturated carbocycles. The first-order chi connectivity index (χ1) is 19.7. The maximum absolute atomic E-state index is 13.0. The summed E-state index contributed by atoms with van der Waals surface area (Å²) in [6.07, 6.45) is 3.58. The first-order valence-electron chi connectivity index (χ1n) is 13.3. The normalized spacial score (nSPS) is 24.1. The molecule has 0 aliphatic carbocycles. The standard InChI is InChI=1S/C30H41N3O9/c1-15-11-20-25(32-19(5)34)22(35)14-21(27(20)37)33-29(38)16(2)9-8-10-23(40-6)28(42-30(31)39)18(4)13-17(3)26(36)24(12-15)41-7/h8-11,13-14,17,23-24,26,28,35-37H,12H2,1-7H3,(H2,31,39)(H,32,34)(H,33,38)/t17-,23-,24-,26+,28-/m0/s1. The number of nitrogens with one attached hydrogen (secondary N) is 2. The number of aliphatic hydroxyl groups excluding tert-OH is 1. The number of phenolic OH excluding ortho intramolecular Hbond substituents is 2. The Morgan fingerprint density at radius 2 is 1.81 bits per heavy atom. The van der Waals surface area contributed by atoms with Gasteiger partial charge in [-0.05, 0) is 38.8 Å². The van der Waals surface area contributed by atoms with Crippen LogP contribution < -0.4 is 16.4 Å². The van der Waals surface area contributed by atoms with Crippen molar-refractivity contribution in [1.29, 1.82) is 0 Å². The highest BCUT2D eigenvalue weighted by Crippen LogP contribution is 2.42. The summed E-state index contributed by atoms with van der Waals surface area (Å²) in [4.78, 5) is 36.5. The van der Waals surface area contributed by atoms with Gasteiger partial charge in [-0.25, -0.2) is 4.79 Å². The molecule has 12 heteroatoms. The molecule has 12 nitrogen and oxygen atoms in total. The number of aromatic hydroxyl groups is 2. The first kappa shape index (κ1) is 34.1. The zero-order valence-electron chi connectivity index (χ0n) is 24.9. The van der Waals surface area contributed by atoms with Crippen LogP contribution >= 0.6 is 0 Å². The van der Waals surface area contributed by atoms with E-state index >= 15 is 0 Å². The Kier molecular flexibility index (Phi) is 12.3. The van der Waals surface area contributed by atoms with Gasteiger partial charge in [-0.2, -0.15) is 0 Å². The lowest BCUT2D eigenvalue weighted by Crippen LogP contribution is -2.36. The molecule has 2 rings (SSSR count). The van der Waals surface area contributed by atoms with Gasteiger partial charge < -0.3 is 45.9 Å². The quantitative estimate of drug-likeness (QED) is 0.173. The number of hydrogen-bond acceptors (Lipinski definition) is 9. The number of aliphatic hydroxyl groups is 1. The second kappa shape index (κ2) is 15.2. The lowest BCUT2D eigenvalue weighted by Gasteiger charge is -2.28. The molecular weight excluding hydrogens is 546 g/mol. The predicted molar refractivity (Wildman–Crippen MR) is 159 cm³/mol. The van der Waals surface area contributed by atoms with Crippen molar-refractivity contribution in [2.75, 3.05) is 24.9 Å². The maximum atomic E-state index is 13.0. The van der Waals surface area contributed by atoms with E-state index in [-0.39, 0.29) is 34.7 Å². The van der Waals surface area contributed by atoms with Crippen molar-refractivity contribution in [3.05, 3.63) is 52.7 Å². The fourth-order valence-corrected chi connectivity index (χ4v) is 4.59. The van der Waals surface area contributed by atoms with Gasteiger partial charge in [0.25, 0.3) is 5.91 Å². The van der Waals surface area contributed by atoms with Gasteiger partial charge in [-0.3, -0.25) is 9.59 Å². The lowest BCUT2D eigenvalue weighted by atomic mass is 9.91. The molecule has 1 aliphatic rings. The van der Waals surface area contributed by atoms with E-state index in [4.69, 9.17) is 19.9 Å². The average Bonchev–Trinajstić information content (AvgIpc) is 2.91. The third kappa shape index (κ3) is 8.93. The molecule has 3 amide bonds.